The molecule has 0 amide bonds. The Morgan fingerprint density at radius 3 is 3.05 bits per heavy atom. The monoisotopic (exact) mass is 316 g/mol. The van der Waals surface area contributed by atoms with Crippen molar-refractivity contribution in [2.75, 3.05) is 18.5 Å². The summed E-state index contributed by atoms with van der Waals surface area (Å²) < 4.78 is 10.6. The maximum Gasteiger partial charge on any atom is 0.217 e. The van der Waals surface area contributed by atoms with Crippen LogP contribution in [0.5, 0.6) is 5.75 Å². The van der Waals surface area contributed by atoms with Gasteiger partial charge >= 0.3 is 0 Å². The SMILES string of the molecule is O=C(CNC(=S)Nc1ccc2c(c1)CCCO2)c1ccco1. The Bertz CT molecular complexity index is 683. The molecule has 0 aliphatic carbocycles. The fourth-order valence-electron chi connectivity index (χ4n) is 2.30. The Morgan fingerprint density at radius 2 is 2.23 bits per heavy atom. The first-order valence-corrected chi connectivity index (χ1v) is 7.50. The van der Waals surface area contributed by atoms with E-state index in [1.54, 1.807) is 12.1 Å². The molecule has 22 heavy (non-hydrogen) atoms. The first kappa shape index (κ1) is 14.6. The van der Waals surface area contributed by atoms with Gasteiger partial charge in [-0.2, -0.15) is 0 Å². The van der Waals surface area contributed by atoms with E-state index in [4.69, 9.17) is 21.4 Å². The number of ketones is 1. The van der Waals surface area contributed by atoms with Gasteiger partial charge < -0.3 is 19.8 Å². The molecule has 0 fully saturated rings. The zero-order valence-corrected chi connectivity index (χ0v) is 12.7. The first-order valence-electron chi connectivity index (χ1n) is 7.09. The van der Waals surface area contributed by atoms with Crippen LogP contribution in [0.25, 0.3) is 0 Å². The molecule has 6 heteroatoms. The van der Waals surface area contributed by atoms with Gasteiger partial charge in [0.05, 0.1) is 19.4 Å². The van der Waals surface area contributed by atoms with E-state index >= 15 is 0 Å². The minimum Gasteiger partial charge on any atom is -0.493 e. The van der Waals surface area contributed by atoms with Gasteiger partial charge in [0, 0.05) is 5.69 Å². The van der Waals surface area contributed by atoms with Crippen molar-refractivity contribution in [2.24, 2.45) is 0 Å². The second-order valence-corrected chi connectivity index (χ2v) is 5.39. The number of aryl methyl sites for hydroxylation is 1. The topological polar surface area (TPSA) is 63.5 Å². The summed E-state index contributed by atoms with van der Waals surface area (Å²) in [4.78, 5) is 11.8. The van der Waals surface area contributed by atoms with Gasteiger partial charge in [0.2, 0.25) is 5.78 Å². The third kappa shape index (κ3) is 3.46. The normalized spacial score (nSPS) is 12.9. The molecule has 5 nitrogen and oxygen atoms in total. The largest absolute Gasteiger partial charge is 0.493 e. The van der Waals surface area contributed by atoms with Crippen LogP contribution >= 0.6 is 12.2 Å². The standard InChI is InChI=1S/C16H16N2O3S/c19-13(15-4-2-8-21-15)10-17-16(22)18-12-5-6-14-11(9-12)3-1-7-20-14/h2,4-6,8-9H,1,3,7,10H2,(H2,17,18,22). The zero-order valence-electron chi connectivity index (χ0n) is 11.9. The summed E-state index contributed by atoms with van der Waals surface area (Å²) in [6.45, 7) is 0.863. The van der Waals surface area contributed by atoms with Crippen LogP contribution in [-0.2, 0) is 6.42 Å². The van der Waals surface area contributed by atoms with Gasteiger partial charge in [-0.05, 0) is 61.0 Å². The van der Waals surface area contributed by atoms with Crippen molar-refractivity contribution < 1.29 is 13.9 Å². The number of ether oxygens (including phenoxy) is 1. The van der Waals surface area contributed by atoms with E-state index in [1.807, 2.05) is 18.2 Å². The van der Waals surface area contributed by atoms with Crippen LogP contribution in [0.1, 0.15) is 22.5 Å². The van der Waals surface area contributed by atoms with E-state index in [1.165, 1.54) is 11.8 Å². The minimum absolute atomic E-state index is 0.0907. The van der Waals surface area contributed by atoms with E-state index in [2.05, 4.69) is 10.6 Å². The Kier molecular flexibility index (Phi) is 4.39. The number of hydrogen-bond donors (Lipinski definition) is 2. The van der Waals surface area contributed by atoms with Crippen LogP contribution in [0.2, 0.25) is 0 Å². The fourth-order valence-corrected chi connectivity index (χ4v) is 2.49. The van der Waals surface area contributed by atoms with Gasteiger partial charge in [-0.15, -0.1) is 0 Å². The molecule has 1 aromatic carbocycles. The molecule has 2 aromatic rings. The smallest absolute Gasteiger partial charge is 0.217 e. The van der Waals surface area contributed by atoms with Crippen molar-refractivity contribution in [3.8, 4) is 5.75 Å². The van der Waals surface area contributed by atoms with Crippen LogP contribution in [0.3, 0.4) is 0 Å². The molecule has 2 heterocycles. The fraction of sp³-hybridized carbons (Fsp3) is 0.250. The number of thiocarbonyl (C=S) groups is 1. The highest BCUT2D eigenvalue weighted by molar-refractivity contribution is 7.80. The summed E-state index contributed by atoms with van der Waals surface area (Å²) in [5.74, 6) is 1.11. The van der Waals surface area contributed by atoms with Crippen molar-refractivity contribution in [1.82, 2.24) is 5.32 Å². The third-order valence-electron chi connectivity index (χ3n) is 3.37. The molecule has 0 unspecified atom stereocenters. The number of furan rings is 1. The van der Waals surface area contributed by atoms with Crippen molar-refractivity contribution in [2.45, 2.75) is 12.8 Å². The van der Waals surface area contributed by atoms with E-state index in [-0.39, 0.29) is 12.3 Å². The number of Topliss-reactive ketones (excluding diaryl/α,β-unsaturated/α-hetero) is 1. The lowest BCUT2D eigenvalue weighted by molar-refractivity contribution is 0.0970. The number of nitrogens with one attached hydrogen (secondary N) is 2. The maximum atomic E-state index is 11.8. The quantitative estimate of drug-likeness (QED) is 0.668. The minimum atomic E-state index is -0.145. The predicted octanol–water partition coefficient (Wildman–Crippen LogP) is 2.77. The molecule has 0 saturated heterocycles. The number of hydrogen-bond acceptors (Lipinski definition) is 4. The Morgan fingerprint density at radius 1 is 1.32 bits per heavy atom. The summed E-state index contributed by atoms with van der Waals surface area (Å²) in [6.07, 6.45) is 3.50. The lowest BCUT2D eigenvalue weighted by atomic mass is 10.1. The molecule has 1 aliphatic rings. The molecule has 1 aliphatic heterocycles. The van der Waals surface area contributed by atoms with E-state index in [9.17, 15) is 4.79 Å². The van der Waals surface area contributed by atoms with Crippen molar-refractivity contribution in [3.63, 3.8) is 0 Å². The van der Waals surface area contributed by atoms with Crippen LogP contribution in [0.15, 0.2) is 41.0 Å². The average molecular weight is 316 g/mol. The summed E-state index contributed by atoms with van der Waals surface area (Å²) in [5, 5.41) is 6.35. The molecule has 114 valence electrons. The molecule has 0 saturated carbocycles. The van der Waals surface area contributed by atoms with Gasteiger partial charge in [-0.1, -0.05) is 0 Å². The van der Waals surface area contributed by atoms with Gasteiger partial charge in [-0.3, -0.25) is 4.79 Å². The number of anilines is 1. The second-order valence-electron chi connectivity index (χ2n) is 4.98. The summed E-state index contributed by atoms with van der Waals surface area (Å²) in [5.41, 5.74) is 2.05. The molecule has 3 rings (SSSR count). The van der Waals surface area contributed by atoms with Gasteiger partial charge in [-0.25, -0.2) is 0 Å². The number of rotatable bonds is 4. The molecular formula is C16H16N2O3S. The van der Waals surface area contributed by atoms with Crippen LogP contribution in [-0.4, -0.2) is 24.0 Å². The maximum absolute atomic E-state index is 11.8. The zero-order chi connectivity index (χ0) is 15.4. The van der Waals surface area contributed by atoms with Gasteiger partial charge in [0.25, 0.3) is 0 Å². The Hall–Kier alpha value is -2.34. The molecular weight excluding hydrogens is 300 g/mol. The van der Waals surface area contributed by atoms with Crippen molar-refractivity contribution in [3.05, 3.63) is 47.9 Å². The Labute approximate surface area is 133 Å². The second kappa shape index (κ2) is 6.62. The average Bonchev–Trinajstić information content (AvgIpc) is 3.07. The predicted molar refractivity (Wildman–Crippen MR) is 87.5 cm³/mol. The molecule has 0 spiro atoms. The number of carbonyl (C=O) groups is 1. The van der Waals surface area contributed by atoms with E-state index < -0.39 is 0 Å². The number of fused-ring (bicyclic) bond motifs is 1. The van der Waals surface area contributed by atoms with Gasteiger partial charge in [0.15, 0.2) is 10.9 Å². The molecule has 0 atom stereocenters. The molecule has 1 aromatic heterocycles. The lowest BCUT2D eigenvalue weighted by Crippen LogP contribution is -2.33. The third-order valence-corrected chi connectivity index (χ3v) is 3.62. The highest BCUT2D eigenvalue weighted by Gasteiger charge is 2.12. The number of carbonyl (C=O) groups excluding carboxylic acids is 1. The summed E-state index contributed by atoms with van der Waals surface area (Å²) in [7, 11) is 0. The number of benzene rings is 1. The highest BCUT2D eigenvalue weighted by Crippen LogP contribution is 2.27. The molecule has 2 N–H and O–H groups in total. The van der Waals surface area contributed by atoms with Gasteiger partial charge in [0.1, 0.15) is 5.75 Å². The summed E-state index contributed by atoms with van der Waals surface area (Å²) in [6, 6.07) is 9.18. The van der Waals surface area contributed by atoms with Crippen LogP contribution in [0.4, 0.5) is 5.69 Å². The highest BCUT2D eigenvalue weighted by atomic mass is 32.1. The van der Waals surface area contributed by atoms with Crippen LogP contribution < -0.4 is 15.4 Å². The van der Waals surface area contributed by atoms with E-state index in [0.717, 1.165) is 30.9 Å². The Balaban J connectivity index is 1.54. The molecule has 0 radical (unpaired) electrons. The van der Waals surface area contributed by atoms with Crippen molar-refractivity contribution in [1.29, 1.82) is 0 Å². The lowest BCUT2D eigenvalue weighted by Gasteiger charge is -2.18. The van der Waals surface area contributed by atoms with Crippen molar-refractivity contribution >= 4 is 28.8 Å². The first-order chi connectivity index (χ1) is 10.7. The molecule has 0 bridgehead atoms. The summed E-state index contributed by atoms with van der Waals surface area (Å²) >= 11 is 5.20. The van der Waals surface area contributed by atoms with Crippen LogP contribution in [0, 0.1) is 0 Å². The van der Waals surface area contributed by atoms with E-state index in [0.29, 0.717) is 10.9 Å².